The average molecular weight is 288 g/mol. The van der Waals surface area contributed by atoms with E-state index in [1.165, 1.54) is 5.56 Å². The molecule has 2 rings (SSSR count). The van der Waals surface area contributed by atoms with E-state index in [-0.39, 0.29) is 6.04 Å². The zero-order valence-corrected chi connectivity index (χ0v) is 11.0. The van der Waals surface area contributed by atoms with Crippen LogP contribution < -0.4 is 5.32 Å². The number of nitrogens with one attached hydrogen (secondary N) is 1. The summed E-state index contributed by atoms with van der Waals surface area (Å²) >= 11 is 3.53. The molecule has 1 heterocycles. The molecule has 0 saturated carbocycles. The number of hydrogen-bond acceptors (Lipinski definition) is 2. The summed E-state index contributed by atoms with van der Waals surface area (Å²) in [6.07, 6.45) is 0. The van der Waals surface area contributed by atoms with Crippen molar-refractivity contribution in [3.8, 4) is 0 Å². The van der Waals surface area contributed by atoms with Crippen molar-refractivity contribution >= 4 is 26.7 Å². The molecule has 0 amide bonds. The van der Waals surface area contributed by atoms with Gasteiger partial charge in [0.05, 0.1) is 0 Å². The van der Waals surface area contributed by atoms with Crippen molar-refractivity contribution in [1.82, 2.24) is 5.32 Å². The van der Waals surface area contributed by atoms with Crippen molar-refractivity contribution < 1.29 is 4.21 Å². The quantitative estimate of drug-likeness (QED) is 0.858. The Hall–Kier alpha value is -0.190. The lowest BCUT2D eigenvalue weighted by Crippen LogP contribution is -2.43. The zero-order valence-electron chi connectivity index (χ0n) is 8.57. The minimum atomic E-state index is -0.692. The van der Waals surface area contributed by atoms with Crippen LogP contribution >= 0.6 is 15.9 Å². The van der Waals surface area contributed by atoms with Gasteiger partial charge in [-0.1, -0.05) is 34.1 Å². The largest absolute Gasteiger partial charge is 0.306 e. The molecule has 2 nitrogen and oxygen atoms in total. The molecule has 1 aromatic rings. The summed E-state index contributed by atoms with van der Waals surface area (Å²) in [5.41, 5.74) is 1.21. The molecule has 3 unspecified atom stereocenters. The van der Waals surface area contributed by atoms with Crippen molar-refractivity contribution in [2.75, 3.05) is 11.5 Å². The zero-order chi connectivity index (χ0) is 10.8. The van der Waals surface area contributed by atoms with Crippen LogP contribution in [0.5, 0.6) is 0 Å². The molecule has 15 heavy (non-hydrogen) atoms. The van der Waals surface area contributed by atoms with Gasteiger partial charge in [-0.05, 0) is 18.6 Å². The Morgan fingerprint density at radius 3 is 2.80 bits per heavy atom. The van der Waals surface area contributed by atoms with E-state index in [4.69, 9.17) is 0 Å². The van der Waals surface area contributed by atoms with Gasteiger partial charge < -0.3 is 5.32 Å². The second-order valence-corrected chi connectivity index (χ2v) is 6.32. The Balaban J connectivity index is 2.23. The van der Waals surface area contributed by atoms with Crippen molar-refractivity contribution in [3.05, 3.63) is 34.3 Å². The van der Waals surface area contributed by atoms with Gasteiger partial charge in [0.2, 0.25) is 0 Å². The number of benzene rings is 1. The van der Waals surface area contributed by atoms with Crippen molar-refractivity contribution in [2.24, 2.45) is 0 Å². The van der Waals surface area contributed by atoms with E-state index in [2.05, 4.69) is 34.2 Å². The molecule has 0 bridgehead atoms. The maximum absolute atomic E-state index is 11.6. The van der Waals surface area contributed by atoms with Gasteiger partial charge in [-0.3, -0.25) is 4.21 Å². The van der Waals surface area contributed by atoms with Gasteiger partial charge in [0.15, 0.2) is 0 Å². The summed E-state index contributed by atoms with van der Waals surface area (Å²) in [4.78, 5) is 0. The molecule has 1 aliphatic rings. The van der Waals surface area contributed by atoms with Crippen molar-refractivity contribution in [3.63, 3.8) is 0 Å². The fraction of sp³-hybridized carbons (Fsp3) is 0.455. The Kier molecular flexibility index (Phi) is 3.59. The lowest BCUT2D eigenvalue weighted by Gasteiger charge is -2.29. The normalized spacial score (nSPS) is 31.5. The first-order valence-electron chi connectivity index (χ1n) is 5.02. The van der Waals surface area contributed by atoms with Gasteiger partial charge in [0.1, 0.15) is 0 Å². The molecule has 0 spiro atoms. The van der Waals surface area contributed by atoms with E-state index < -0.39 is 10.8 Å². The highest BCUT2D eigenvalue weighted by Gasteiger charge is 2.25. The van der Waals surface area contributed by atoms with Gasteiger partial charge in [-0.2, -0.15) is 0 Å². The fourth-order valence-corrected chi connectivity index (χ4v) is 3.91. The molecular weight excluding hydrogens is 274 g/mol. The number of halogens is 1. The second kappa shape index (κ2) is 4.76. The minimum absolute atomic E-state index is 0.213. The first kappa shape index (κ1) is 11.3. The predicted molar refractivity (Wildman–Crippen MR) is 67.4 cm³/mol. The Morgan fingerprint density at radius 1 is 1.40 bits per heavy atom. The smallest absolute Gasteiger partial charge is 0.0450 e. The molecule has 1 aromatic carbocycles. The van der Waals surface area contributed by atoms with E-state index in [1.807, 2.05) is 18.2 Å². The monoisotopic (exact) mass is 287 g/mol. The molecule has 1 N–H and O–H groups in total. The number of hydrogen-bond donors (Lipinski definition) is 1. The first-order chi connectivity index (χ1) is 7.16. The van der Waals surface area contributed by atoms with Gasteiger partial charge in [-0.15, -0.1) is 0 Å². The standard InChI is InChI=1S/C11H14BrNOS/c1-8-6-15(14)7-11(13-8)9-4-2-3-5-10(9)12/h2-5,8,11,13H,6-7H2,1H3. The Morgan fingerprint density at radius 2 is 2.13 bits per heavy atom. The third-order valence-electron chi connectivity index (χ3n) is 2.55. The highest BCUT2D eigenvalue weighted by Crippen LogP contribution is 2.26. The molecule has 1 fully saturated rings. The Bertz CT molecular complexity index is 383. The molecule has 4 heteroatoms. The minimum Gasteiger partial charge on any atom is -0.306 e. The Labute approximate surface area is 101 Å². The SMILES string of the molecule is CC1CS(=O)CC(c2ccccc2Br)N1. The van der Waals surface area contributed by atoms with Crippen LogP contribution in [-0.4, -0.2) is 21.8 Å². The lowest BCUT2D eigenvalue weighted by molar-refractivity contribution is 0.488. The van der Waals surface area contributed by atoms with Gasteiger partial charge in [0, 0.05) is 38.9 Å². The predicted octanol–water partition coefficient (Wildman–Crippen LogP) is 2.23. The van der Waals surface area contributed by atoms with Crippen LogP contribution in [0.2, 0.25) is 0 Å². The van der Waals surface area contributed by atoms with Crippen LogP contribution in [0.25, 0.3) is 0 Å². The summed E-state index contributed by atoms with van der Waals surface area (Å²) in [7, 11) is -0.692. The van der Waals surface area contributed by atoms with E-state index in [0.717, 1.165) is 10.2 Å². The summed E-state index contributed by atoms with van der Waals surface area (Å²) < 4.78 is 12.7. The molecule has 1 aliphatic heterocycles. The molecule has 1 saturated heterocycles. The summed E-state index contributed by atoms with van der Waals surface area (Å²) in [6.45, 7) is 2.08. The summed E-state index contributed by atoms with van der Waals surface area (Å²) in [6, 6.07) is 8.67. The topological polar surface area (TPSA) is 29.1 Å². The van der Waals surface area contributed by atoms with Crippen LogP contribution in [-0.2, 0) is 10.8 Å². The molecule has 3 atom stereocenters. The number of rotatable bonds is 1. The molecule has 0 radical (unpaired) electrons. The third-order valence-corrected chi connectivity index (χ3v) is 4.85. The first-order valence-corrected chi connectivity index (χ1v) is 7.30. The van der Waals surface area contributed by atoms with E-state index >= 15 is 0 Å². The van der Waals surface area contributed by atoms with Gasteiger partial charge in [0.25, 0.3) is 0 Å². The lowest BCUT2D eigenvalue weighted by atomic mass is 10.1. The van der Waals surface area contributed by atoms with Gasteiger partial charge in [-0.25, -0.2) is 0 Å². The van der Waals surface area contributed by atoms with Crippen LogP contribution in [0, 0.1) is 0 Å². The van der Waals surface area contributed by atoms with E-state index in [9.17, 15) is 4.21 Å². The van der Waals surface area contributed by atoms with E-state index in [0.29, 0.717) is 11.8 Å². The van der Waals surface area contributed by atoms with Crippen LogP contribution in [0.3, 0.4) is 0 Å². The molecular formula is C11H14BrNOS. The fourth-order valence-electron chi connectivity index (χ4n) is 1.91. The maximum Gasteiger partial charge on any atom is 0.0450 e. The summed E-state index contributed by atoms with van der Waals surface area (Å²) in [5.74, 6) is 1.48. The highest BCUT2D eigenvalue weighted by atomic mass is 79.9. The summed E-state index contributed by atoms with van der Waals surface area (Å²) in [5, 5.41) is 3.48. The highest BCUT2D eigenvalue weighted by molar-refractivity contribution is 9.10. The van der Waals surface area contributed by atoms with E-state index in [1.54, 1.807) is 0 Å². The van der Waals surface area contributed by atoms with Crippen molar-refractivity contribution in [2.45, 2.75) is 19.0 Å². The van der Waals surface area contributed by atoms with Crippen LogP contribution in [0.4, 0.5) is 0 Å². The van der Waals surface area contributed by atoms with Crippen LogP contribution in [0.1, 0.15) is 18.5 Å². The molecule has 82 valence electrons. The molecule has 0 aromatic heterocycles. The molecule has 0 aliphatic carbocycles. The van der Waals surface area contributed by atoms with Crippen LogP contribution in [0.15, 0.2) is 28.7 Å². The maximum atomic E-state index is 11.6. The van der Waals surface area contributed by atoms with Gasteiger partial charge >= 0.3 is 0 Å². The average Bonchev–Trinajstić information content (AvgIpc) is 2.16. The van der Waals surface area contributed by atoms with Crippen molar-refractivity contribution in [1.29, 1.82) is 0 Å². The second-order valence-electron chi connectivity index (χ2n) is 3.91. The third kappa shape index (κ3) is 2.68.